The molecule has 0 aromatic carbocycles. The summed E-state index contributed by atoms with van der Waals surface area (Å²) in [5.41, 5.74) is 2.52. The molecule has 0 amide bonds. The Labute approximate surface area is 217 Å². The highest BCUT2D eigenvalue weighted by atomic mass is 28.4. The van der Waals surface area contributed by atoms with Crippen LogP contribution in [0.1, 0.15) is 103 Å². The van der Waals surface area contributed by atoms with Crippen LogP contribution in [0, 0.1) is 29.6 Å². The van der Waals surface area contributed by atoms with E-state index >= 15 is 0 Å². The number of hydrogen-bond donors (Lipinski definition) is 3. The molecule has 0 unspecified atom stereocenters. The van der Waals surface area contributed by atoms with E-state index in [-0.39, 0.29) is 23.9 Å². The first-order chi connectivity index (χ1) is 15.9. The van der Waals surface area contributed by atoms with Crippen LogP contribution in [0.4, 0.5) is 0 Å². The molecular weight excluding hydrogens is 456 g/mol. The predicted octanol–water partition coefficient (Wildman–Crippen LogP) is 7.28. The Morgan fingerprint density at radius 2 is 1.29 bits per heavy atom. The molecule has 0 aliphatic heterocycles. The van der Waals surface area contributed by atoms with Gasteiger partial charge in [-0.1, -0.05) is 94.2 Å². The predicted molar refractivity (Wildman–Crippen MR) is 150 cm³/mol. The molecule has 0 aliphatic rings. The van der Waals surface area contributed by atoms with Crippen LogP contribution in [0.25, 0.3) is 0 Å². The molecule has 3 N–H and O–H groups in total. The summed E-state index contributed by atoms with van der Waals surface area (Å²) in [5.74, 6) is -1.72. The molecule has 0 rings (SSSR count). The van der Waals surface area contributed by atoms with Crippen molar-refractivity contribution in [1.82, 2.24) is 0 Å². The van der Waals surface area contributed by atoms with Crippen LogP contribution >= 0.6 is 0 Å². The molecule has 0 radical (unpaired) electrons. The molecule has 6 heteroatoms. The lowest BCUT2D eigenvalue weighted by molar-refractivity contribution is -0.146. The number of carbonyl (C=O) groups is 1. The molecule has 208 valence electrons. The maximum atomic E-state index is 11.4. The summed E-state index contributed by atoms with van der Waals surface area (Å²) >= 11 is 0. The van der Waals surface area contributed by atoms with Gasteiger partial charge in [0.05, 0.1) is 24.2 Å². The molecule has 0 aromatic rings. The van der Waals surface area contributed by atoms with Gasteiger partial charge in [-0.3, -0.25) is 4.79 Å². The van der Waals surface area contributed by atoms with Gasteiger partial charge < -0.3 is 19.7 Å². The number of rotatable bonds is 16. The van der Waals surface area contributed by atoms with E-state index in [4.69, 9.17) is 4.43 Å². The Balaban J connectivity index is 5.77. The van der Waals surface area contributed by atoms with Crippen LogP contribution in [0.5, 0.6) is 0 Å². The van der Waals surface area contributed by atoms with Crippen LogP contribution in [0.2, 0.25) is 16.6 Å². The van der Waals surface area contributed by atoms with Gasteiger partial charge in [0, 0.05) is 11.8 Å². The van der Waals surface area contributed by atoms with Crippen molar-refractivity contribution in [3.8, 4) is 0 Å². The van der Waals surface area contributed by atoms with E-state index in [1.807, 2.05) is 20.8 Å². The fourth-order valence-electron chi connectivity index (χ4n) is 6.17. The normalized spacial score (nSPS) is 20.5. The van der Waals surface area contributed by atoms with E-state index in [1.54, 1.807) is 6.92 Å². The first-order valence-corrected chi connectivity index (χ1v) is 16.0. The fraction of sp³-hybridized carbons (Fsp3) is 0.897. The third-order valence-electron chi connectivity index (χ3n) is 8.52. The minimum absolute atomic E-state index is 0.0119. The van der Waals surface area contributed by atoms with Crippen molar-refractivity contribution in [2.75, 3.05) is 0 Å². The van der Waals surface area contributed by atoms with Crippen molar-refractivity contribution >= 4 is 14.3 Å². The quantitative estimate of drug-likeness (QED) is 0.149. The highest BCUT2D eigenvalue weighted by molar-refractivity contribution is 6.77. The number of hydrogen-bond acceptors (Lipinski definition) is 4. The zero-order chi connectivity index (χ0) is 27.8. The SMILES string of the molecule is CC[C@@H](C)[C@@H](O[Si](C(C)C)(C(C)C)C(C)C)[C@H](C)[C@@H](O)[C@H](C)/C=C(\C)C[C@H](C)[C@H](O)[C@H](C)C(=O)O. The summed E-state index contributed by atoms with van der Waals surface area (Å²) < 4.78 is 7.23. The zero-order valence-corrected chi connectivity index (χ0v) is 26.0. The van der Waals surface area contributed by atoms with E-state index < -0.39 is 32.4 Å². The van der Waals surface area contributed by atoms with Crippen molar-refractivity contribution in [2.24, 2.45) is 29.6 Å². The largest absolute Gasteiger partial charge is 0.481 e. The van der Waals surface area contributed by atoms with Crippen LogP contribution in [-0.4, -0.2) is 47.9 Å². The standard InChI is InChI=1S/C29H58O5Si/c1-14-21(9)28(34-35(17(2)3,18(4)5)19(6)7)24(12)26(30)22(10)15-20(8)16-23(11)27(31)25(13)29(32)33/h15,17-19,21-28,30-31H,14,16H2,1-13H3,(H,32,33)/b20-15+/t21-,22-,23+,24-,25+,26+,27+,28-/m1/s1. The highest BCUT2D eigenvalue weighted by Crippen LogP contribution is 2.45. The van der Waals surface area contributed by atoms with Gasteiger partial charge in [-0.25, -0.2) is 0 Å². The third kappa shape index (κ3) is 8.98. The van der Waals surface area contributed by atoms with Gasteiger partial charge in [0.2, 0.25) is 8.32 Å². The Hall–Kier alpha value is -0.693. The Morgan fingerprint density at radius 1 is 0.829 bits per heavy atom. The first-order valence-electron chi connectivity index (χ1n) is 13.9. The Bertz CT molecular complexity index is 638. The maximum absolute atomic E-state index is 11.4. The molecule has 0 fully saturated rings. The minimum atomic E-state index is -2.10. The van der Waals surface area contributed by atoms with Gasteiger partial charge in [0.15, 0.2) is 0 Å². The Morgan fingerprint density at radius 3 is 1.66 bits per heavy atom. The van der Waals surface area contributed by atoms with Crippen molar-refractivity contribution in [3.05, 3.63) is 11.6 Å². The van der Waals surface area contributed by atoms with Crippen molar-refractivity contribution in [3.63, 3.8) is 0 Å². The second-order valence-electron chi connectivity index (χ2n) is 12.3. The van der Waals surface area contributed by atoms with Crippen LogP contribution in [-0.2, 0) is 9.22 Å². The van der Waals surface area contributed by atoms with Crippen LogP contribution in [0.3, 0.4) is 0 Å². The van der Waals surface area contributed by atoms with E-state index in [2.05, 4.69) is 68.4 Å². The van der Waals surface area contributed by atoms with Crippen LogP contribution in [0.15, 0.2) is 11.6 Å². The molecule has 0 spiro atoms. The maximum Gasteiger partial charge on any atom is 0.308 e. The van der Waals surface area contributed by atoms with Crippen molar-refractivity contribution < 1.29 is 24.5 Å². The molecule has 0 aromatic heterocycles. The number of carboxylic acids is 1. The third-order valence-corrected chi connectivity index (χ3v) is 14.6. The number of carboxylic acid groups (broad SMARTS) is 1. The average molecular weight is 515 g/mol. The van der Waals surface area contributed by atoms with Crippen molar-refractivity contribution in [1.29, 1.82) is 0 Å². The molecule has 0 saturated carbocycles. The molecule has 0 aliphatic carbocycles. The lowest BCUT2D eigenvalue weighted by Crippen LogP contribution is -2.54. The zero-order valence-electron chi connectivity index (χ0n) is 25.0. The number of allylic oxidation sites excluding steroid dienone is 1. The van der Waals surface area contributed by atoms with E-state index in [0.29, 0.717) is 29.0 Å². The number of aliphatic hydroxyl groups is 2. The Kier molecular flexibility index (Phi) is 14.6. The van der Waals surface area contributed by atoms with Gasteiger partial charge >= 0.3 is 5.97 Å². The smallest absolute Gasteiger partial charge is 0.308 e. The fourth-order valence-corrected chi connectivity index (χ4v) is 11.9. The topological polar surface area (TPSA) is 87.0 Å². The van der Waals surface area contributed by atoms with Gasteiger partial charge in [0.1, 0.15) is 0 Å². The summed E-state index contributed by atoms with van der Waals surface area (Å²) in [4.78, 5) is 11.2. The molecule has 35 heavy (non-hydrogen) atoms. The van der Waals surface area contributed by atoms with Gasteiger partial charge in [-0.05, 0) is 48.7 Å². The molecule has 0 bridgehead atoms. The summed E-state index contributed by atoms with van der Waals surface area (Å²) in [5, 5.41) is 31.0. The minimum Gasteiger partial charge on any atom is -0.481 e. The number of aliphatic hydroxyl groups excluding tert-OH is 2. The van der Waals surface area contributed by atoms with Gasteiger partial charge in [-0.2, -0.15) is 0 Å². The highest BCUT2D eigenvalue weighted by Gasteiger charge is 2.48. The van der Waals surface area contributed by atoms with E-state index in [0.717, 1.165) is 12.0 Å². The van der Waals surface area contributed by atoms with Gasteiger partial charge in [-0.15, -0.1) is 0 Å². The molecule has 8 atom stereocenters. The van der Waals surface area contributed by atoms with E-state index in [1.165, 1.54) is 0 Å². The molecule has 0 saturated heterocycles. The van der Waals surface area contributed by atoms with Crippen LogP contribution < -0.4 is 0 Å². The average Bonchev–Trinajstić information content (AvgIpc) is 2.76. The van der Waals surface area contributed by atoms with Gasteiger partial charge in [0.25, 0.3) is 0 Å². The molecule has 5 nitrogen and oxygen atoms in total. The second-order valence-corrected chi connectivity index (χ2v) is 17.7. The second kappa shape index (κ2) is 14.9. The lowest BCUT2D eigenvalue weighted by atomic mass is 9.82. The van der Waals surface area contributed by atoms with Crippen molar-refractivity contribution in [2.45, 2.75) is 138 Å². The lowest BCUT2D eigenvalue weighted by Gasteiger charge is -2.48. The summed E-state index contributed by atoms with van der Waals surface area (Å²) in [6.07, 6.45) is 2.21. The summed E-state index contributed by atoms with van der Waals surface area (Å²) in [7, 11) is -2.10. The molecular formula is C29H58O5Si. The first kappa shape index (κ1) is 34.3. The molecule has 0 heterocycles. The number of aliphatic carboxylic acids is 1. The summed E-state index contributed by atoms with van der Waals surface area (Å²) in [6.45, 7) is 27.8. The van der Waals surface area contributed by atoms with E-state index in [9.17, 15) is 20.1 Å². The monoisotopic (exact) mass is 514 g/mol. The summed E-state index contributed by atoms with van der Waals surface area (Å²) in [6, 6.07) is 0.